The van der Waals surface area contributed by atoms with Gasteiger partial charge in [0.05, 0.1) is 18.8 Å². The first-order valence-corrected chi connectivity index (χ1v) is 12.2. The number of carbonyl (C=O) groups is 1. The van der Waals surface area contributed by atoms with Crippen LogP contribution in [-0.4, -0.2) is 50.9 Å². The first kappa shape index (κ1) is 24.9. The number of nitrogens with zero attached hydrogens (tertiary/aromatic N) is 4. The number of rotatable bonds is 7. The van der Waals surface area contributed by atoms with Crippen molar-refractivity contribution < 1.29 is 18.3 Å². The fraction of sp³-hybridized carbons (Fsp3) is 0.500. The largest absolute Gasteiger partial charge is 0.478 e. The van der Waals surface area contributed by atoms with Crippen molar-refractivity contribution in [1.29, 1.82) is 0 Å². The van der Waals surface area contributed by atoms with E-state index in [1.165, 1.54) is 0 Å². The van der Waals surface area contributed by atoms with E-state index in [9.17, 15) is 13.6 Å². The number of alkyl halides is 2. The molecule has 0 spiro atoms. The molecule has 188 valence electrons. The van der Waals surface area contributed by atoms with Gasteiger partial charge in [0.25, 0.3) is 5.88 Å². The monoisotopic (exact) mass is 485 g/mol. The predicted octanol–water partition coefficient (Wildman–Crippen LogP) is 5.71. The summed E-state index contributed by atoms with van der Waals surface area (Å²) in [7, 11) is 1.56. The highest BCUT2D eigenvalue weighted by Gasteiger charge is 2.39. The summed E-state index contributed by atoms with van der Waals surface area (Å²) in [6.45, 7) is 6.19. The Bertz CT molecular complexity index is 1180. The normalized spacial score (nSPS) is 19.2. The SMILES string of the molecule is CCN(C(=O)NC(C)C1CCCC(F)(F)C1)[C@H](C)c1cccc(-c2cn3ccnc3c(OC)n2)c1. The molecule has 1 aromatic carbocycles. The van der Waals surface area contributed by atoms with Crippen LogP contribution in [0.3, 0.4) is 0 Å². The third-order valence-corrected chi connectivity index (χ3v) is 7.01. The van der Waals surface area contributed by atoms with E-state index in [0.717, 1.165) is 16.8 Å². The first-order valence-electron chi connectivity index (χ1n) is 12.2. The maximum atomic E-state index is 13.9. The van der Waals surface area contributed by atoms with Crippen LogP contribution >= 0.6 is 0 Å². The Morgan fingerprint density at radius 1 is 1.37 bits per heavy atom. The topological polar surface area (TPSA) is 71.8 Å². The Morgan fingerprint density at radius 2 is 2.17 bits per heavy atom. The van der Waals surface area contributed by atoms with Crippen molar-refractivity contribution in [2.75, 3.05) is 13.7 Å². The zero-order valence-electron chi connectivity index (χ0n) is 20.7. The van der Waals surface area contributed by atoms with Crippen molar-refractivity contribution >= 4 is 11.7 Å². The number of imidazole rings is 1. The van der Waals surface area contributed by atoms with Gasteiger partial charge in [-0.15, -0.1) is 0 Å². The summed E-state index contributed by atoms with van der Waals surface area (Å²) in [6, 6.07) is 7.09. The molecule has 2 amide bonds. The lowest BCUT2D eigenvalue weighted by molar-refractivity contribution is -0.0568. The van der Waals surface area contributed by atoms with Crippen molar-refractivity contribution in [2.45, 2.75) is 64.5 Å². The zero-order chi connectivity index (χ0) is 25.2. The number of fused-ring (bicyclic) bond motifs is 1. The molecule has 0 bridgehead atoms. The van der Waals surface area contributed by atoms with Crippen molar-refractivity contribution in [1.82, 2.24) is 24.6 Å². The highest BCUT2D eigenvalue weighted by Crippen LogP contribution is 2.38. The smallest absolute Gasteiger partial charge is 0.318 e. The Morgan fingerprint density at radius 3 is 2.89 bits per heavy atom. The maximum absolute atomic E-state index is 13.9. The number of hydrogen-bond acceptors (Lipinski definition) is 4. The summed E-state index contributed by atoms with van der Waals surface area (Å²) < 4.78 is 35.0. The summed E-state index contributed by atoms with van der Waals surface area (Å²) >= 11 is 0. The van der Waals surface area contributed by atoms with Gasteiger partial charge in [-0.25, -0.2) is 23.5 Å². The number of halogens is 2. The Balaban J connectivity index is 1.51. The second-order valence-electron chi connectivity index (χ2n) is 9.33. The highest BCUT2D eigenvalue weighted by atomic mass is 19.3. The van der Waals surface area contributed by atoms with Crippen molar-refractivity contribution in [3.8, 4) is 17.1 Å². The van der Waals surface area contributed by atoms with Gasteiger partial charge in [-0.1, -0.05) is 18.2 Å². The molecule has 1 saturated carbocycles. The molecule has 9 heteroatoms. The second-order valence-corrected chi connectivity index (χ2v) is 9.33. The molecule has 1 N–H and O–H groups in total. The molecule has 1 fully saturated rings. The van der Waals surface area contributed by atoms with Gasteiger partial charge < -0.3 is 19.4 Å². The molecule has 2 aromatic heterocycles. The predicted molar refractivity (Wildman–Crippen MR) is 131 cm³/mol. The number of ether oxygens (including phenoxy) is 1. The molecule has 35 heavy (non-hydrogen) atoms. The molecule has 3 atom stereocenters. The van der Waals surface area contributed by atoms with Crippen LogP contribution < -0.4 is 10.1 Å². The standard InChI is InChI=1S/C26H33F2N5O2/c1-5-33(25(34)30-17(2)21-10-7-11-26(27,28)15-21)18(3)19-8-6-9-20(14-19)22-16-32-13-12-29-23(32)24(31-22)35-4/h6,8-9,12-14,16-18,21H,5,7,10-11,15H2,1-4H3,(H,30,34)/t17?,18-,21?/m1/s1. The van der Waals surface area contributed by atoms with Crippen LogP contribution in [0.15, 0.2) is 42.9 Å². The molecule has 4 rings (SSSR count). The Hall–Kier alpha value is -3.23. The van der Waals surface area contributed by atoms with Crippen LogP contribution in [0.2, 0.25) is 0 Å². The quantitative estimate of drug-likeness (QED) is 0.465. The van der Waals surface area contributed by atoms with Gasteiger partial charge in [-0.2, -0.15) is 0 Å². The molecule has 2 unspecified atom stereocenters. The van der Waals surface area contributed by atoms with E-state index < -0.39 is 5.92 Å². The van der Waals surface area contributed by atoms with Crippen LogP contribution in [0.25, 0.3) is 16.9 Å². The van der Waals surface area contributed by atoms with Crippen molar-refractivity contribution in [2.24, 2.45) is 5.92 Å². The Labute approximate surface area is 204 Å². The van der Waals surface area contributed by atoms with E-state index in [1.54, 1.807) is 18.2 Å². The minimum absolute atomic E-state index is 0.0624. The molecule has 7 nitrogen and oxygen atoms in total. The van der Waals surface area contributed by atoms with E-state index in [4.69, 9.17) is 4.74 Å². The molecular formula is C26H33F2N5O2. The van der Waals surface area contributed by atoms with Gasteiger partial charge in [0, 0.05) is 49.6 Å². The van der Waals surface area contributed by atoms with Crippen molar-refractivity contribution in [3.05, 3.63) is 48.4 Å². The molecule has 3 aromatic rings. The number of nitrogens with one attached hydrogen (secondary N) is 1. The average Bonchev–Trinajstić information content (AvgIpc) is 3.32. The fourth-order valence-corrected chi connectivity index (χ4v) is 4.94. The summed E-state index contributed by atoms with van der Waals surface area (Å²) in [4.78, 5) is 23.7. The molecule has 0 radical (unpaired) electrons. The molecule has 2 heterocycles. The lowest BCUT2D eigenvalue weighted by atomic mass is 9.82. The van der Waals surface area contributed by atoms with Crippen LogP contribution in [0.1, 0.15) is 58.1 Å². The number of urea groups is 1. The van der Waals surface area contributed by atoms with E-state index in [-0.39, 0.29) is 36.9 Å². The molecule has 0 aliphatic heterocycles. The van der Waals surface area contributed by atoms with Gasteiger partial charge in [0.1, 0.15) is 0 Å². The molecular weight excluding hydrogens is 452 g/mol. The number of carbonyl (C=O) groups excluding carboxylic acids is 1. The number of amides is 2. The fourth-order valence-electron chi connectivity index (χ4n) is 4.94. The van der Waals surface area contributed by atoms with Crippen LogP contribution in [-0.2, 0) is 0 Å². The van der Waals surface area contributed by atoms with Gasteiger partial charge in [-0.3, -0.25) is 0 Å². The van der Waals surface area contributed by atoms with Crippen LogP contribution in [0.4, 0.5) is 13.6 Å². The third-order valence-electron chi connectivity index (χ3n) is 7.01. The van der Waals surface area contributed by atoms with Gasteiger partial charge in [0.15, 0.2) is 5.65 Å². The third kappa shape index (κ3) is 5.39. The zero-order valence-corrected chi connectivity index (χ0v) is 20.7. The highest BCUT2D eigenvalue weighted by molar-refractivity contribution is 5.75. The van der Waals surface area contributed by atoms with E-state index in [1.807, 2.05) is 61.8 Å². The van der Waals surface area contributed by atoms with Gasteiger partial charge in [-0.05, 0) is 51.2 Å². The minimum atomic E-state index is -2.64. The molecule has 0 saturated heterocycles. The van der Waals surface area contributed by atoms with Gasteiger partial charge in [0.2, 0.25) is 5.92 Å². The summed E-state index contributed by atoms with van der Waals surface area (Å²) in [5.74, 6) is -2.43. The number of aromatic nitrogens is 3. The van der Waals surface area contributed by atoms with E-state index in [0.29, 0.717) is 30.9 Å². The van der Waals surface area contributed by atoms with Gasteiger partial charge >= 0.3 is 6.03 Å². The summed E-state index contributed by atoms with van der Waals surface area (Å²) in [5.41, 5.74) is 3.19. The van der Waals surface area contributed by atoms with Crippen molar-refractivity contribution in [3.63, 3.8) is 0 Å². The van der Waals surface area contributed by atoms with Crippen LogP contribution in [0.5, 0.6) is 5.88 Å². The number of hydrogen-bond donors (Lipinski definition) is 1. The minimum Gasteiger partial charge on any atom is -0.478 e. The lowest BCUT2D eigenvalue weighted by Crippen LogP contribution is -2.48. The Kier molecular flexibility index (Phi) is 7.23. The van der Waals surface area contributed by atoms with E-state index >= 15 is 0 Å². The lowest BCUT2D eigenvalue weighted by Gasteiger charge is -2.35. The number of benzene rings is 1. The summed E-state index contributed by atoms with van der Waals surface area (Å²) in [5, 5.41) is 2.98. The van der Waals surface area contributed by atoms with Crippen LogP contribution in [0, 0.1) is 5.92 Å². The molecule has 1 aliphatic carbocycles. The second kappa shape index (κ2) is 10.2. The molecule has 1 aliphatic rings. The maximum Gasteiger partial charge on any atom is 0.318 e. The first-order chi connectivity index (χ1) is 16.7. The summed E-state index contributed by atoms with van der Waals surface area (Å²) in [6.07, 6.45) is 6.38. The number of methoxy groups -OCH3 is 1. The average molecular weight is 486 g/mol. The van der Waals surface area contributed by atoms with E-state index in [2.05, 4.69) is 15.3 Å².